The van der Waals surface area contributed by atoms with Crippen molar-refractivity contribution >= 4 is 0 Å². The number of aliphatic hydroxyl groups excluding tert-OH is 2. The van der Waals surface area contributed by atoms with E-state index in [0.717, 1.165) is 45.3 Å². The van der Waals surface area contributed by atoms with E-state index < -0.39 is 0 Å². The second-order valence-electron chi connectivity index (χ2n) is 5.87. The van der Waals surface area contributed by atoms with Crippen molar-refractivity contribution in [2.45, 2.75) is 71.3 Å². The van der Waals surface area contributed by atoms with Gasteiger partial charge in [0.2, 0.25) is 0 Å². The van der Waals surface area contributed by atoms with Crippen LogP contribution >= 0.6 is 0 Å². The molecular weight excluding hydrogens is 266 g/mol. The average molecular weight is 303 g/mol. The molecule has 1 unspecified atom stereocenters. The number of rotatable bonds is 16. The lowest BCUT2D eigenvalue weighted by molar-refractivity contribution is 0.0150. The van der Waals surface area contributed by atoms with Gasteiger partial charge in [0.15, 0.2) is 0 Å². The fourth-order valence-corrected chi connectivity index (χ4v) is 2.30. The highest BCUT2D eigenvalue weighted by atomic mass is 16.5. The lowest BCUT2D eigenvalue weighted by Gasteiger charge is -2.24. The van der Waals surface area contributed by atoms with Crippen molar-refractivity contribution in [3.63, 3.8) is 0 Å². The van der Waals surface area contributed by atoms with E-state index in [1.165, 1.54) is 25.7 Å². The third-order valence-electron chi connectivity index (χ3n) is 3.63. The van der Waals surface area contributed by atoms with Crippen LogP contribution in [0.2, 0.25) is 0 Å². The van der Waals surface area contributed by atoms with Crippen LogP contribution in [0.15, 0.2) is 0 Å². The lowest BCUT2D eigenvalue weighted by Crippen LogP contribution is -2.36. The Kier molecular flexibility index (Phi) is 16.1. The number of aliphatic hydroxyl groups is 2. The molecule has 0 heterocycles. The second-order valence-corrected chi connectivity index (χ2v) is 5.87. The molecule has 0 rings (SSSR count). The minimum Gasteiger partial charge on any atom is -0.396 e. The Morgan fingerprint density at radius 2 is 1.52 bits per heavy atom. The van der Waals surface area contributed by atoms with E-state index in [1.54, 1.807) is 0 Å². The fraction of sp³-hybridized carbons (Fsp3) is 1.00. The predicted molar refractivity (Wildman–Crippen MR) is 88.6 cm³/mol. The SMILES string of the molecule is CCCCN(CCCC)CC(O)COCCCCCCO. The summed E-state index contributed by atoms with van der Waals surface area (Å²) >= 11 is 0. The van der Waals surface area contributed by atoms with Gasteiger partial charge in [0.1, 0.15) is 0 Å². The summed E-state index contributed by atoms with van der Waals surface area (Å²) in [6.07, 6.45) is 8.46. The molecule has 1 atom stereocenters. The van der Waals surface area contributed by atoms with Crippen molar-refractivity contribution in [3.05, 3.63) is 0 Å². The first kappa shape index (κ1) is 20.8. The molecule has 4 nitrogen and oxygen atoms in total. The van der Waals surface area contributed by atoms with Crippen LogP contribution in [0.3, 0.4) is 0 Å². The smallest absolute Gasteiger partial charge is 0.0900 e. The van der Waals surface area contributed by atoms with Crippen molar-refractivity contribution in [3.8, 4) is 0 Å². The summed E-state index contributed by atoms with van der Waals surface area (Å²) in [7, 11) is 0. The number of ether oxygens (including phenoxy) is 1. The molecule has 0 fully saturated rings. The molecule has 0 aliphatic carbocycles. The highest BCUT2D eigenvalue weighted by Crippen LogP contribution is 2.03. The van der Waals surface area contributed by atoms with E-state index in [9.17, 15) is 5.11 Å². The van der Waals surface area contributed by atoms with Crippen molar-refractivity contribution in [1.29, 1.82) is 0 Å². The van der Waals surface area contributed by atoms with E-state index >= 15 is 0 Å². The maximum atomic E-state index is 10.1. The average Bonchev–Trinajstić information content (AvgIpc) is 2.49. The molecule has 0 aromatic heterocycles. The van der Waals surface area contributed by atoms with Gasteiger partial charge in [0.25, 0.3) is 0 Å². The third kappa shape index (κ3) is 14.5. The summed E-state index contributed by atoms with van der Waals surface area (Å²) in [6.45, 7) is 8.72. The minimum atomic E-state index is -0.379. The van der Waals surface area contributed by atoms with E-state index in [2.05, 4.69) is 18.7 Å². The van der Waals surface area contributed by atoms with Gasteiger partial charge in [-0.3, -0.25) is 0 Å². The molecule has 4 heteroatoms. The number of nitrogens with zero attached hydrogens (tertiary/aromatic N) is 1. The third-order valence-corrected chi connectivity index (χ3v) is 3.63. The zero-order chi connectivity index (χ0) is 15.8. The maximum absolute atomic E-state index is 10.1. The molecule has 0 saturated carbocycles. The minimum absolute atomic E-state index is 0.283. The highest BCUT2D eigenvalue weighted by molar-refractivity contribution is 4.64. The molecule has 128 valence electrons. The van der Waals surface area contributed by atoms with Gasteiger partial charge >= 0.3 is 0 Å². The quantitative estimate of drug-likeness (QED) is 0.431. The molecule has 0 aromatic rings. The van der Waals surface area contributed by atoms with Gasteiger partial charge in [-0.05, 0) is 38.8 Å². The number of unbranched alkanes of at least 4 members (excludes halogenated alkanes) is 5. The standard InChI is InChI=1S/C17H37NO3/c1-3-5-11-18(12-6-4-2)15-17(20)16-21-14-10-8-7-9-13-19/h17,19-20H,3-16H2,1-2H3. The molecule has 0 aliphatic heterocycles. The van der Waals surface area contributed by atoms with Gasteiger partial charge in [-0.25, -0.2) is 0 Å². The Morgan fingerprint density at radius 3 is 2.10 bits per heavy atom. The molecule has 0 radical (unpaired) electrons. The van der Waals surface area contributed by atoms with Gasteiger partial charge in [0.05, 0.1) is 12.7 Å². The molecule has 21 heavy (non-hydrogen) atoms. The Hall–Kier alpha value is -0.160. The van der Waals surface area contributed by atoms with E-state index in [-0.39, 0.29) is 12.7 Å². The Morgan fingerprint density at radius 1 is 0.905 bits per heavy atom. The first-order chi connectivity index (χ1) is 10.2. The van der Waals surface area contributed by atoms with Crippen LogP contribution in [0.5, 0.6) is 0 Å². The largest absolute Gasteiger partial charge is 0.396 e. The van der Waals surface area contributed by atoms with Crippen LogP contribution in [-0.4, -0.2) is 60.7 Å². The Bertz CT molecular complexity index is 194. The van der Waals surface area contributed by atoms with Gasteiger partial charge in [-0.15, -0.1) is 0 Å². The topological polar surface area (TPSA) is 52.9 Å². The number of hydrogen-bond donors (Lipinski definition) is 2. The normalized spacial score (nSPS) is 13.0. The molecule has 2 N–H and O–H groups in total. The summed E-state index contributed by atoms with van der Waals surface area (Å²) in [4.78, 5) is 2.36. The van der Waals surface area contributed by atoms with Gasteiger partial charge in [-0.2, -0.15) is 0 Å². The van der Waals surface area contributed by atoms with Crippen LogP contribution in [0.4, 0.5) is 0 Å². The van der Waals surface area contributed by atoms with Gasteiger partial charge < -0.3 is 19.8 Å². The van der Waals surface area contributed by atoms with Crippen molar-refractivity contribution < 1.29 is 14.9 Å². The van der Waals surface area contributed by atoms with E-state index in [4.69, 9.17) is 9.84 Å². The zero-order valence-corrected chi connectivity index (χ0v) is 14.2. The summed E-state index contributed by atoms with van der Waals surface area (Å²) < 4.78 is 5.55. The van der Waals surface area contributed by atoms with Crippen LogP contribution in [-0.2, 0) is 4.74 Å². The predicted octanol–water partition coefficient (Wildman–Crippen LogP) is 2.82. The van der Waals surface area contributed by atoms with Gasteiger partial charge in [-0.1, -0.05) is 39.5 Å². The summed E-state index contributed by atoms with van der Waals surface area (Å²) in [5.74, 6) is 0. The zero-order valence-electron chi connectivity index (χ0n) is 14.2. The van der Waals surface area contributed by atoms with E-state index in [0.29, 0.717) is 13.2 Å². The maximum Gasteiger partial charge on any atom is 0.0900 e. The molecule has 0 saturated heterocycles. The molecular formula is C17H37NO3. The van der Waals surface area contributed by atoms with E-state index in [1.807, 2.05) is 0 Å². The summed E-state index contributed by atoms with van der Waals surface area (Å²) in [5, 5.41) is 18.7. The first-order valence-electron chi connectivity index (χ1n) is 8.83. The number of hydrogen-bond acceptors (Lipinski definition) is 4. The van der Waals surface area contributed by atoms with Crippen molar-refractivity contribution in [2.75, 3.05) is 39.5 Å². The van der Waals surface area contributed by atoms with Crippen molar-refractivity contribution in [1.82, 2.24) is 4.90 Å². The first-order valence-corrected chi connectivity index (χ1v) is 8.83. The lowest BCUT2D eigenvalue weighted by atomic mass is 10.2. The van der Waals surface area contributed by atoms with Crippen LogP contribution in [0, 0.1) is 0 Å². The summed E-state index contributed by atoms with van der Waals surface area (Å²) in [6, 6.07) is 0. The van der Waals surface area contributed by atoms with Crippen molar-refractivity contribution in [2.24, 2.45) is 0 Å². The molecule has 0 aromatic carbocycles. The summed E-state index contributed by atoms with van der Waals surface area (Å²) in [5.41, 5.74) is 0. The van der Waals surface area contributed by atoms with Crippen LogP contribution < -0.4 is 0 Å². The highest BCUT2D eigenvalue weighted by Gasteiger charge is 2.11. The molecule has 0 amide bonds. The Labute approximate surface area is 131 Å². The fourth-order valence-electron chi connectivity index (χ4n) is 2.30. The molecule has 0 bridgehead atoms. The van der Waals surface area contributed by atoms with Gasteiger partial charge in [0, 0.05) is 19.8 Å². The van der Waals surface area contributed by atoms with Crippen LogP contribution in [0.25, 0.3) is 0 Å². The molecule has 0 aliphatic rings. The van der Waals surface area contributed by atoms with Crippen LogP contribution in [0.1, 0.15) is 65.2 Å². The monoisotopic (exact) mass is 303 g/mol. The molecule has 0 spiro atoms. The second kappa shape index (κ2) is 16.2. The Balaban J connectivity index is 3.63.